The summed E-state index contributed by atoms with van der Waals surface area (Å²) in [6.45, 7) is 2.70. The van der Waals surface area contributed by atoms with Crippen LogP contribution in [0.5, 0.6) is 5.75 Å². The molecule has 1 fully saturated rings. The fourth-order valence-electron chi connectivity index (χ4n) is 3.17. The summed E-state index contributed by atoms with van der Waals surface area (Å²) < 4.78 is 43.3. The third kappa shape index (κ3) is 3.51. The minimum atomic E-state index is -4.02. The second kappa shape index (κ2) is 5.87. The van der Waals surface area contributed by atoms with Gasteiger partial charge in [0.15, 0.2) is 0 Å². The largest absolute Gasteiger partial charge is 0.493 e. The van der Waals surface area contributed by atoms with E-state index in [-0.39, 0.29) is 12.8 Å². The van der Waals surface area contributed by atoms with E-state index in [4.69, 9.17) is 4.74 Å². The van der Waals surface area contributed by atoms with Crippen LogP contribution in [0.3, 0.4) is 0 Å². The van der Waals surface area contributed by atoms with E-state index in [9.17, 15) is 13.2 Å². The lowest BCUT2D eigenvalue weighted by Gasteiger charge is -2.32. The lowest BCUT2D eigenvalue weighted by atomic mass is 9.96. The van der Waals surface area contributed by atoms with E-state index in [1.807, 2.05) is 6.07 Å². The number of piperidine rings is 1. The molecule has 0 N–H and O–H groups in total. The van der Waals surface area contributed by atoms with Gasteiger partial charge < -0.3 is 9.64 Å². The summed E-state index contributed by atoms with van der Waals surface area (Å²) in [5.74, 6) is -0.129. The van der Waals surface area contributed by atoms with Crippen molar-refractivity contribution in [2.75, 3.05) is 26.2 Å². The van der Waals surface area contributed by atoms with Crippen LogP contribution in [-0.4, -0.2) is 37.3 Å². The molecule has 0 unspecified atom stereocenters. The topological polar surface area (TPSA) is 12.5 Å². The molecule has 2 nitrogen and oxygen atoms in total. The van der Waals surface area contributed by atoms with Crippen LogP contribution in [0.1, 0.15) is 24.0 Å². The molecule has 0 saturated carbocycles. The maximum absolute atomic E-state index is 12.6. The van der Waals surface area contributed by atoms with Crippen molar-refractivity contribution in [1.29, 1.82) is 0 Å². The van der Waals surface area contributed by atoms with E-state index in [2.05, 4.69) is 17.0 Å². The summed E-state index contributed by atoms with van der Waals surface area (Å²) >= 11 is 0. The molecule has 0 radical (unpaired) electrons. The molecule has 0 bridgehead atoms. The second-order valence-electron chi connectivity index (χ2n) is 5.95. The number of alkyl halides is 3. The van der Waals surface area contributed by atoms with Gasteiger partial charge >= 0.3 is 6.18 Å². The van der Waals surface area contributed by atoms with E-state index in [1.54, 1.807) is 0 Å². The highest BCUT2D eigenvalue weighted by atomic mass is 19.4. The van der Waals surface area contributed by atoms with Crippen molar-refractivity contribution in [3.05, 3.63) is 29.3 Å². The summed E-state index contributed by atoms with van der Waals surface area (Å²) in [5.41, 5.74) is 2.50. The van der Waals surface area contributed by atoms with Crippen LogP contribution in [-0.2, 0) is 12.8 Å². The van der Waals surface area contributed by atoms with Gasteiger partial charge in [-0.15, -0.1) is 0 Å². The zero-order chi connectivity index (χ0) is 14.9. The number of ether oxygens (including phenoxy) is 1. The predicted octanol–water partition coefficient (Wildman–Crippen LogP) is 3.44. The third-order valence-electron chi connectivity index (χ3n) is 4.52. The van der Waals surface area contributed by atoms with Crippen molar-refractivity contribution in [1.82, 2.24) is 4.90 Å². The number of halogens is 3. The maximum atomic E-state index is 12.6. The van der Waals surface area contributed by atoms with E-state index in [0.29, 0.717) is 13.1 Å². The van der Waals surface area contributed by atoms with Crippen molar-refractivity contribution in [3.63, 3.8) is 0 Å². The van der Waals surface area contributed by atoms with Crippen molar-refractivity contribution >= 4 is 0 Å². The maximum Gasteiger partial charge on any atom is 0.391 e. The van der Waals surface area contributed by atoms with Gasteiger partial charge in [-0.3, -0.25) is 0 Å². The minimum absolute atomic E-state index is 0.238. The van der Waals surface area contributed by atoms with Gasteiger partial charge in [0.1, 0.15) is 5.75 Å². The molecule has 116 valence electrons. The minimum Gasteiger partial charge on any atom is -0.493 e. The first-order chi connectivity index (χ1) is 10.0. The van der Waals surface area contributed by atoms with Crippen LogP contribution in [0.25, 0.3) is 0 Å². The van der Waals surface area contributed by atoms with Gasteiger partial charge in [-0.1, -0.05) is 12.1 Å². The molecule has 21 heavy (non-hydrogen) atoms. The van der Waals surface area contributed by atoms with Crippen molar-refractivity contribution in [3.8, 4) is 5.75 Å². The number of fused-ring (bicyclic) bond motifs is 1. The first-order valence-corrected chi connectivity index (χ1v) is 7.56. The fraction of sp³-hybridized carbons (Fsp3) is 0.625. The van der Waals surface area contributed by atoms with Crippen LogP contribution < -0.4 is 4.74 Å². The van der Waals surface area contributed by atoms with Crippen LogP contribution in [0.15, 0.2) is 18.2 Å². The fourth-order valence-corrected chi connectivity index (χ4v) is 3.17. The first kappa shape index (κ1) is 14.7. The highest BCUT2D eigenvalue weighted by molar-refractivity contribution is 5.39. The van der Waals surface area contributed by atoms with Gasteiger partial charge in [0.25, 0.3) is 0 Å². The van der Waals surface area contributed by atoms with Crippen LogP contribution in [0.2, 0.25) is 0 Å². The molecule has 2 heterocycles. The molecule has 0 atom stereocenters. The highest BCUT2D eigenvalue weighted by Gasteiger charge is 2.40. The number of hydrogen-bond acceptors (Lipinski definition) is 2. The van der Waals surface area contributed by atoms with E-state index < -0.39 is 12.1 Å². The number of hydrogen-bond donors (Lipinski definition) is 0. The summed E-state index contributed by atoms with van der Waals surface area (Å²) in [5, 5.41) is 0. The smallest absolute Gasteiger partial charge is 0.391 e. The zero-order valence-corrected chi connectivity index (χ0v) is 12.0. The summed E-state index contributed by atoms with van der Waals surface area (Å²) in [4.78, 5) is 2.14. The van der Waals surface area contributed by atoms with E-state index in [1.165, 1.54) is 11.1 Å². The molecular weight excluding hydrogens is 279 g/mol. The standard InChI is InChI=1S/C16H20F3NO/c17-16(18,19)14-4-8-20(9-5-14)7-3-12-1-2-15-13(11-12)6-10-21-15/h1-2,11,14H,3-10H2. The molecule has 0 spiro atoms. The van der Waals surface area contributed by atoms with Crippen molar-refractivity contribution in [2.45, 2.75) is 31.9 Å². The average molecular weight is 299 g/mol. The molecule has 1 saturated heterocycles. The van der Waals surface area contributed by atoms with Gasteiger partial charge in [-0.2, -0.15) is 13.2 Å². The Balaban J connectivity index is 1.48. The lowest BCUT2D eigenvalue weighted by molar-refractivity contribution is -0.185. The van der Waals surface area contributed by atoms with Crippen LogP contribution in [0.4, 0.5) is 13.2 Å². The van der Waals surface area contributed by atoms with Crippen molar-refractivity contribution < 1.29 is 17.9 Å². The normalized spacial score (nSPS) is 20.3. The molecule has 3 rings (SSSR count). The number of nitrogens with zero attached hydrogens (tertiary/aromatic N) is 1. The number of benzene rings is 1. The molecular formula is C16H20F3NO. The second-order valence-corrected chi connectivity index (χ2v) is 5.95. The summed E-state index contributed by atoms with van der Waals surface area (Å²) in [7, 11) is 0. The SMILES string of the molecule is FC(F)(F)C1CCN(CCc2ccc3c(c2)CCO3)CC1. The Morgan fingerprint density at radius 1 is 1.19 bits per heavy atom. The Morgan fingerprint density at radius 2 is 1.95 bits per heavy atom. The van der Waals surface area contributed by atoms with E-state index >= 15 is 0 Å². The Kier molecular flexibility index (Phi) is 4.11. The van der Waals surface area contributed by atoms with Gasteiger partial charge in [0, 0.05) is 13.0 Å². The zero-order valence-electron chi connectivity index (χ0n) is 12.0. The lowest BCUT2D eigenvalue weighted by Crippen LogP contribution is -2.39. The Labute approximate surface area is 122 Å². The molecule has 0 amide bonds. The van der Waals surface area contributed by atoms with Gasteiger partial charge in [0.05, 0.1) is 12.5 Å². The monoisotopic (exact) mass is 299 g/mol. The molecule has 2 aliphatic rings. The van der Waals surface area contributed by atoms with Crippen LogP contribution in [0, 0.1) is 5.92 Å². The van der Waals surface area contributed by atoms with Gasteiger partial charge in [0.2, 0.25) is 0 Å². The van der Waals surface area contributed by atoms with Gasteiger partial charge in [-0.25, -0.2) is 0 Å². The number of rotatable bonds is 3. The van der Waals surface area contributed by atoms with E-state index in [0.717, 1.165) is 31.7 Å². The van der Waals surface area contributed by atoms with Crippen LogP contribution >= 0.6 is 0 Å². The van der Waals surface area contributed by atoms with Crippen molar-refractivity contribution in [2.24, 2.45) is 5.92 Å². The first-order valence-electron chi connectivity index (χ1n) is 7.56. The summed E-state index contributed by atoms with van der Waals surface area (Å²) in [6.07, 6.45) is -1.70. The summed E-state index contributed by atoms with van der Waals surface area (Å²) in [6, 6.07) is 6.24. The Bertz CT molecular complexity index is 493. The molecule has 0 aliphatic carbocycles. The molecule has 1 aromatic carbocycles. The Hall–Kier alpha value is -1.23. The van der Waals surface area contributed by atoms with Gasteiger partial charge in [-0.05, 0) is 49.5 Å². The molecule has 2 aliphatic heterocycles. The number of likely N-dealkylation sites (tertiary alicyclic amines) is 1. The third-order valence-corrected chi connectivity index (χ3v) is 4.52. The molecule has 5 heteroatoms. The quantitative estimate of drug-likeness (QED) is 0.848. The predicted molar refractivity (Wildman–Crippen MR) is 74.6 cm³/mol. The highest BCUT2D eigenvalue weighted by Crippen LogP contribution is 2.34. The average Bonchev–Trinajstić information content (AvgIpc) is 2.92. The molecule has 1 aromatic rings. The molecule has 0 aromatic heterocycles. The Morgan fingerprint density at radius 3 is 2.67 bits per heavy atom.